The normalized spacial score (nSPS) is 11.7. The first-order valence-electron chi connectivity index (χ1n) is 8.83. The van der Waals surface area contributed by atoms with E-state index in [-0.39, 0.29) is 11.8 Å². The van der Waals surface area contributed by atoms with Crippen LogP contribution in [-0.4, -0.2) is 22.5 Å². The average Bonchev–Trinajstić information content (AvgIpc) is 2.52. The van der Waals surface area contributed by atoms with Gasteiger partial charge in [0, 0.05) is 19.6 Å². The van der Waals surface area contributed by atoms with Crippen molar-refractivity contribution in [3.8, 4) is 0 Å². The highest BCUT2D eigenvalue weighted by molar-refractivity contribution is 5.66. The molecule has 3 nitrogen and oxygen atoms in total. The summed E-state index contributed by atoms with van der Waals surface area (Å²) >= 11 is 0. The summed E-state index contributed by atoms with van der Waals surface area (Å²) in [7, 11) is 0. The fraction of sp³-hybridized carbons (Fsp3) is 0.409. The quantitative estimate of drug-likeness (QED) is 0.790. The van der Waals surface area contributed by atoms with Gasteiger partial charge < -0.3 is 5.11 Å². The highest BCUT2D eigenvalue weighted by Crippen LogP contribution is 2.22. The third kappa shape index (κ3) is 6.35. The van der Waals surface area contributed by atoms with Crippen molar-refractivity contribution in [1.82, 2.24) is 4.90 Å². The second-order valence-electron chi connectivity index (χ2n) is 7.79. The number of aryl methyl sites for hydroxylation is 1. The number of rotatable bonds is 7. The molecule has 0 aliphatic carbocycles. The van der Waals surface area contributed by atoms with Crippen LogP contribution in [0, 0.1) is 6.92 Å². The van der Waals surface area contributed by atoms with E-state index < -0.39 is 5.97 Å². The van der Waals surface area contributed by atoms with Gasteiger partial charge in [-0.2, -0.15) is 0 Å². The van der Waals surface area contributed by atoms with Crippen LogP contribution in [-0.2, 0) is 23.3 Å². The van der Waals surface area contributed by atoms with Crippen LogP contribution in [0.1, 0.15) is 49.4 Å². The zero-order chi connectivity index (χ0) is 18.4. The van der Waals surface area contributed by atoms with Gasteiger partial charge in [-0.25, -0.2) is 0 Å². The Balaban J connectivity index is 2.10. The molecule has 0 saturated heterocycles. The molecule has 2 aromatic carbocycles. The highest BCUT2D eigenvalue weighted by atomic mass is 16.4. The maximum Gasteiger partial charge on any atom is 0.304 e. The third-order valence-corrected chi connectivity index (χ3v) is 4.36. The number of carboxylic acids is 1. The molecule has 0 atom stereocenters. The molecular weight excluding hydrogens is 310 g/mol. The van der Waals surface area contributed by atoms with Crippen LogP contribution in [0.4, 0.5) is 0 Å². The first-order valence-corrected chi connectivity index (χ1v) is 8.83. The summed E-state index contributed by atoms with van der Waals surface area (Å²) in [6.07, 6.45) is 0.159. The monoisotopic (exact) mass is 339 g/mol. The molecule has 134 valence electrons. The van der Waals surface area contributed by atoms with Gasteiger partial charge in [-0.1, -0.05) is 74.9 Å². The number of hydrogen-bond donors (Lipinski definition) is 1. The molecule has 0 amide bonds. The Morgan fingerprint density at radius 2 is 1.64 bits per heavy atom. The molecule has 0 spiro atoms. The molecule has 0 aromatic heterocycles. The summed E-state index contributed by atoms with van der Waals surface area (Å²) in [5.41, 5.74) is 5.11. The van der Waals surface area contributed by atoms with E-state index in [0.29, 0.717) is 6.54 Å². The van der Waals surface area contributed by atoms with Gasteiger partial charge in [-0.05, 0) is 29.0 Å². The van der Waals surface area contributed by atoms with Crippen molar-refractivity contribution in [3.05, 3.63) is 70.8 Å². The van der Waals surface area contributed by atoms with Crippen LogP contribution < -0.4 is 0 Å². The van der Waals surface area contributed by atoms with Gasteiger partial charge in [0.2, 0.25) is 0 Å². The Bertz CT molecular complexity index is 699. The van der Waals surface area contributed by atoms with Crippen LogP contribution in [0.5, 0.6) is 0 Å². The minimum absolute atomic E-state index is 0.142. The molecule has 25 heavy (non-hydrogen) atoms. The van der Waals surface area contributed by atoms with Gasteiger partial charge >= 0.3 is 5.97 Å². The lowest BCUT2D eigenvalue weighted by atomic mass is 9.87. The first-order chi connectivity index (χ1) is 11.7. The molecule has 0 radical (unpaired) electrons. The SMILES string of the molecule is Cc1cccc(CN(CCC(=O)O)Cc2ccc(C(C)(C)C)cc2)c1. The van der Waals surface area contributed by atoms with E-state index in [1.807, 2.05) is 0 Å². The van der Waals surface area contributed by atoms with E-state index in [1.54, 1.807) is 0 Å². The lowest BCUT2D eigenvalue weighted by molar-refractivity contribution is -0.137. The Morgan fingerprint density at radius 1 is 1.00 bits per heavy atom. The number of hydrogen-bond acceptors (Lipinski definition) is 2. The number of carboxylic acid groups (broad SMARTS) is 1. The van der Waals surface area contributed by atoms with Crippen molar-refractivity contribution in [3.63, 3.8) is 0 Å². The van der Waals surface area contributed by atoms with Gasteiger partial charge in [-0.3, -0.25) is 9.69 Å². The molecule has 0 saturated carbocycles. The van der Waals surface area contributed by atoms with E-state index in [2.05, 4.69) is 81.1 Å². The summed E-state index contributed by atoms with van der Waals surface area (Å²) in [4.78, 5) is 13.2. The summed E-state index contributed by atoms with van der Waals surface area (Å²) in [5.74, 6) is -0.752. The van der Waals surface area contributed by atoms with E-state index in [4.69, 9.17) is 5.11 Å². The van der Waals surface area contributed by atoms with Crippen molar-refractivity contribution >= 4 is 5.97 Å². The summed E-state index contributed by atoms with van der Waals surface area (Å²) in [6.45, 7) is 10.8. The van der Waals surface area contributed by atoms with Crippen molar-refractivity contribution in [2.24, 2.45) is 0 Å². The largest absolute Gasteiger partial charge is 0.481 e. The van der Waals surface area contributed by atoms with Crippen LogP contribution in [0.2, 0.25) is 0 Å². The molecule has 1 N–H and O–H groups in total. The molecule has 0 aliphatic rings. The Hall–Kier alpha value is -2.13. The minimum Gasteiger partial charge on any atom is -0.481 e. The molecule has 0 fully saturated rings. The second kappa shape index (κ2) is 8.30. The fourth-order valence-corrected chi connectivity index (χ4v) is 2.90. The molecule has 0 heterocycles. The lowest BCUT2D eigenvalue weighted by Gasteiger charge is -2.23. The van der Waals surface area contributed by atoms with E-state index in [1.165, 1.54) is 22.3 Å². The fourth-order valence-electron chi connectivity index (χ4n) is 2.90. The predicted octanol–water partition coefficient (Wildman–Crippen LogP) is 4.77. The van der Waals surface area contributed by atoms with Crippen LogP contribution in [0.25, 0.3) is 0 Å². The maximum absolute atomic E-state index is 11.0. The molecule has 2 rings (SSSR count). The van der Waals surface area contributed by atoms with Crippen LogP contribution >= 0.6 is 0 Å². The van der Waals surface area contributed by atoms with Gasteiger partial charge in [0.1, 0.15) is 0 Å². The first kappa shape index (κ1) is 19.2. The van der Waals surface area contributed by atoms with Crippen LogP contribution in [0.15, 0.2) is 48.5 Å². The molecule has 0 bridgehead atoms. The van der Waals surface area contributed by atoms with E-state index >= 15 is 0 Å². The topological polar surface area (TPSA) is 40.5 Å². The number of aliphatic carboxylic acids is 1. The Kier molecular flexibility index (Phi) is 6.38. The van der Waals surface area contributed by atoms with Crippen LogP contribution in [0.3, 0.4) is 0 Å². The van der Waals surface area contributed by atoms with Gasteiger partial charge in [0.05, 0.1) is 6.42 Å². The predicted molar refractivity (Wildman–Crippen MR) is 103 cm³/mol. The molecule has 2 aromatic rings. The smallest absolute Gasteiger partial charge is 0.304 e. The average molecular weight is 339 g/mol. The van der Waals surface area contributed by atoms with E-state index in [0.717, 1.165) is 13.1 Å². The molecule has 0 unspecified atom stereocenters. The number of benzene rings is 2. The zero-order valence-corrected chi connectivity index (χ0v) is 15.7. The Labute approximate surface area is 151 Å². The number of carbonyl (C=O) groups is 1. The van der Waals surface area contributed by atoms with E-state index in [9.17, 15) is 4.79 Å². The number of nitrogens with zero attached hydrogens (tertiary/aromatic N) is 1. The summed E-state index contributed by atoms with van der Waals surface area (Å²) in [6, 6.07) is 17.1. The van der Waals surface area contributed by atoms with Crippen molar-refractivity contribution in [1.29, 1.82) is 0 Å². The van der Waals surface area contributed by atoms with Crippen molar-refractivity contribution < 1.29 is 9.90 Å². The zero-order valence-electron chi connectivity index (χ0n) is 15.7. The van der Waals surface area contributed by atoms with Crippen molar-refractivity contribution in [2.75, 3.05) is 6.54 Å². The highest BCUT2D eigenvalue weighted by Gasteiger charge is 2.14. The summed E-state index contributed by atoms with van der Waals surface area (Å²) < 4.78 is 0. The Morgan fingerprint density at radius 3 is 2.20 bits per heavy atom. The standard InChI is InChI=1S/C22H29NO2/c1-17-6-5-7-19(14-17)16-23(13-12-21(24)25)15-18-8-10-20(11-9-18)22(2,3)4/h5-11,14H,12-13,15-16H2,1-4H3,(H,24,25). The maximum atomic E-state index is 11.0. The van der Waals surface area contributed by atoms with Gasteiger partial charge in [0.15, 0.2) is 0 Å². The van der Waals surface area contributed by atoms with Crippen molar-refractivity contribution in [2.45, 2.75) is 52.6 Å². The third-order valence-electron chi connectivity index (χ3n) is 4.36. The second-order valence-corrected chi connectivity index (χ2v) is 7.79. The lowest BCUT2D eigenvalue weighted by Crippen LogP contribution is -2.25. The molecular formula is C22H29NO2. The van der Waals surface area contributed by atoms with Gasteiger partial charge in [0.25, 0.3) is 0 Å². The molecule has 3 heteroatoms. The van der Waals surface area contributed by atoms with Gasteiger partial charge in [-0.15, -0.1) is 0 Å². The molecule has 0 aliphatic heterocycles. The minimum atomic E-state index is -0.752. The summed E-state index contributed by atoms with van der Waals surface area (Å²) in [5, 5.41) is 9.04.